The van der Waals surface area contributed by atoms with E-state index >= 15 is 0 Å². The van der Waals surface area contributed by atoms with E-state index in [1.807, 2.05) is 49.1 Å². The summed E-state index contributed by atoms with van der Waals surface area (Å²) in [5.74, 6) is 0.169. The van der Waals surface area contributed by atoms with E-state index < -0.39 is 0 Å². The van der Waals surface area contributed by atoms with Crippen LogP contribution in [-0.4, -0.2) is 58.6 Å². The fourth-order valence-electron chi connectivity index (χ4n) is 3.78. The highest BCUT2D eigenvalue weighted by molar-refractivity contribution is 7.99. The Balaban J connectivity index is 1.26. The van der Waals surface area contributed by atoms with Crippen LogP contribution < -0.4 is 10.2 Å². The topological polar surface area (TPSA) is 78.4 Å². The van der Waals surface area contributed by atoms with Crippen LogP contribution in [0.15, 0.2) is 59.8 Å². The molecule has 1 aromatic heterocycles. The molecule has 4 rings (SSSR count). The molecule has 1 fully saturated rings. The molecule has 2 amide bonds. The number of benzene rings is 2. The zero-order valence-electron chi connectivity index (χ0n) is 19.1. The molecule has 1 aliphatic rings. The minimum atomic E-state index is -0.102. The Hall–Kier alpha value is -3.10. The van der Waals surface area contributed by atoms with E-state index in [4.69, 9.17) is 11.6 Å². The number of piperazine rings is 1. The number of aromatic nitrogens is 2. The Labute approximate surface area is 208 Å². The van der Waals surface area contributed by atoms with E-state index in [-0.39, 0.29) is 17.6 Å². The highest BCUT2D eigenvalue weighted by Gasteiger charge is 2.22. The molecule has 1 saturated heterocycles. The molecule has 7 nitrogen and oxygen atoms in total. The van der Waals surface area contributed by atoms with Crippen molar-refractivity contribution in [2.75, 3.05) is 42.1 Å². The van der Waals surface area contributed by atoms with Crippen molar-refractivity contribution < 1.29 is 9.59 Å². The minimum Gasteiger partial charge on any atom is -0.368 e. The van der Waals surface area contributed by atoms with Gasteiger partial charge < -0.3 is 15.1 Å². The molecule has 0 bridgehead atoms. The average Bonchev–Trinajstić information content (AvgIpc) is 2.83. The number of aryl methyl sites for hydroxylation is 2. The van der Waals surface area contributed by atoms with Crippen LogP contribution in [0.1, 0.15) is 21.7 Å². The largest absolute Gasteiger partial charge is 0.368 e. The number of halogens is 1. The van der Waals surface area contributed by atoms with E-state index in [0.717, 1.165) is 35.9 Å². The summed E-state index contributed by atoms with van der Waals surface area (Å²) in [7, 11) is 0. The third-order valence-electron chi connectivity index (χ3n) is 5.47. The van der Waals surface area contributed by atoms with Crippen LogP contribution in [0.3, 0.4) is 0 Å². The third kappa shape index (κ3) is 6.27. The molecule has 1 aliphatic heterocycles. The first-order valence-corrected chi connectivity index (χ1v) is 12.4. The number of carbonyl (C=O) groups is 2. The number of nitrogens with zero attached hydrogens (tertiary/aromatic N) is 4. The zero-order valence-corrected chi connectivity index (χ0v) is 20.7. The van der Waals surface area contributed by atoms with Gasteiger partial charge >= 0.3 is 0 Å². The first-order chi connectivity index (χ1) is 16.4. The van der Waals surface area contributed by atoms with Crippen LogP contribution in [0.25, 0.3) is 0 Å². The van der Waals surface area contributed by atoms with Crippen molar-refractivity contribution in [2.45, 2.75) is 19.0 Å². The predicted molar refractivity (Wildman–Crippen MR) is 137 cm³/mol. The summed E-state index contributed by atoms with van der Waals surface area (Å²) in [6.45, 7) is 6.63. The van der Waals surface area contributed by atoms with Crippen molar-refractivity contribution in [2.24, 2.45) is 0 Å². The van der Waals surface area contributed by atoms with Gasteiger partial charge in [0.2, 0.25) is 5.91 Å². The smallest absolute Gasteiger partial charge is 0.253 e. The Kier molecular flexibility index (Phi) is 7.70. The molecule has 0 radical (unpaired) electrons. The quantitative estimate of drug-likeness (QED) is 0.402. The number of nitrogens with one attached hydrogen (secondary N) is 1. The normalized spacial score (nSPS) is 13.6. The van der Waals surface area contributed by atoms with Crippen LogP contribution in [0.4, 0.5) is 11.4 Å². The number of carbonyl (C=O) groups excluding carboxylic acids is 2. The Morgan fingerprint density at radius 2 is 1.56 bits per heavy atom. The molecule has 0 unspecified atom stereocenters. The van der Waals surface area contributed by atoms with Gasteiger partial charge in [0, 0.05) is 59.5 Å². The third-order valence-corrected chi connectivity index (χ3v) is 6.57. The minimum absolute atomic E-state index is 0.0264. The summed E-state index contributed by atoms with van der Waals surface area (Å²) in [4.78, 5) is 37.8. The molecule has 2 heterocycles. The lowest BCUT2D eigenvalue weighted by atomic mass is 10.1. The van der Waals surface area contributed by atoms with Crippen molar-refractivity contribution in [1.82, 2.24) is 14.9 Å². The van der Waals surface area contributed by atoms with Crippen LogP contribution in [0.2, 0.25) is 5.02 Å². The maximum absolute atomic E-state index is 12.7. The second kappa shape index (κ2) is 10.9. The monoisotopic (exact) mass is 495 g/mol. The van der Waals surface area contributed by atoms with Crippen LogP contribution in [-0.2, 0) is 4.79 Å². The number of rotatable bonds is 6. The predicted octanol–water partition coefficient (Wildman–Crippen LogP) is 4.44. The standard InChI is InChI=1S/C25H26ClN5O2S/c1-17-15-18(2)28-25(27-17)34-16-23(32)29-21-7-9-22(10-8-21)30-11-13-31(14-12-30)24(33)19-3-5-20(26)6-4-19/h3-10,15H,11-14,16H2,1-2H3,(H,29,32). The number of anilines is 2. The van der Waals surface area contributed by atoms with Gasteiger partial charge in [-0.1, -0.05) is 23.4 Å². The van der Waals surface area contributed by atoms with Crippen LogP contribution in [0.5, 0.6) is 0 Å². The zero-order chi connectivity index (χ0) is 24.1. The molecular weight excluding hydrogens is 470 g/mol. The van der Waals surface area contributed by atoms with E-state index in [2.05, 4.69) is 20.2 Å². The number of hydrogen-bond acceptors (Lipinski definition) is 6. The van der Waals surface area contributed by atoms with Gasteiger partial charge in [0.25, 0.3) is 5.91 Å². The van der Waals surface area contributed by atoms with Crippen molar-refractivity contribution in [1.29, 1.82) is 0 Å². The van der Waals surface area contributed by atoms with E-state index in [1.54, 1.807) is 24.3 Å². The summed E-state index contributed by atoms with van der Waals surface area (Å²) >= 11 is 7.24. The van der Waals surface area contributed by atoms with Crippen molar-refractivity contribution >= 4 is 46.6 Å². The summed E-state index contributed by atoms with van der Waals surface area (Å²) in [6.07, 6.45) is 0. The Morgan fingerprint density at radius 1 is 0.941 bits per heavy atom. The van der Waals surface area contributed by atoms with Gasteiger partial charge in [-0.25, -0.2) is 9.97 Å². The molecule has 9 heteroatoms. The fraction of sp³-hybridized carbons (Fsp3) is 0.280. The molecule has 0 spiro atoms. The summed E-state index contributed by atoms with van der Waals surface area (Å²) < 4.78 is 0. The van der Waals surface area contributed by atoms with Crippen molar-refractivity contribution in [3.63, 3.8) is 0 Å². The van der Waals surface area contributed by atoms with Gasteiger partial charge in [-0.15, -0.1) is 0 Å². The molecule has 0 atom stereocenters. The molecular formula is C25H26ClN5O2S. The van der Waals surface area contributed by atoms with Gasteiger partial charge in [-0.2, -0.15) is 0 Å². The second-order valence-corrected chi connectivity index (χ2v) is 9.48. The lowest BCUT2D eigenvalue weighted by molar-refractivity contribution is -0.113. The van der Waals surface area contributed by atoms with Crippen LogP contribution >= 0.6 is 23.4 Å². The van der Waals surface area contributed by atoms with E-state index in [9.17, 15) is 9.59 Å². The summed E-state index contributed by atoms with van der Waals surface area (Å²) in [6, 6.07) is 16.7. The summed E-state index contributed by atoms with van der Waals surface area (Å²) in [5, 5.41) is 4.15. The van der Waals surface area contributed by atoms with E-state index in [1.165, 1.54) is 11.8 Å². The first-order valence-electron chi connectivity index (χ1n) is 11.0. The highest BCUT2D eigenvalue weighted by atomic mass is 35.5. The lowest BCUT2D eigenvalue weighted by Crippen LogP contribution is -2.48. The van der Waals surface area contributed by atoms with Gasteiger partial charge in [0.1, 0.15) is 0 Å². The van der Waals surface area contributed by atoms with Gasteiger partial charge in [-0.3, -0.25) is 9.59 Å². The Morgan fingerprint density at radius 3 is 2.18 bits per heavy atom. The highest BCUT2D eigenvalue weighted by Crippen LogP contribution is 2.21. The van der Waals surface area contributed by atoms with E-state index in [0.29, 0.717) is 28.8 Å². The second-order valence-electron chi connectivity index (χ2n) is 8.10. The average molecular weight is 496 g/mol. The molecule has 1 N–H and O–H groups in total. The van der Waals surface area contributed by atoms with Gasteiger partial charge in [-0.05, 0) is 68.4 Å². The van der Waals surface area contributed by atoms with Gasteiger partial charge in [0.15, 0.2) is 5.16 Å². The SMILES string of the molecule is Cc1cc(C)nc(SCC(=O)Nc2ccc(N3CCN(C(=O)c4ccc(Cl)cc4)CC3)cc2)n1. The molecule has 0 saturated carbocycles. The number of amides is 2. The molecule has 176 valence electrons. The fourth-order valence-corrected chi connectivity index (χ4v) is 4.66. The Bertz CT molecular complexity index is 1140. The van der Waals surface area contributed by atoms with Crippen molar-refractivity contribution in [3.8, 4) is 0 Å². The number of hydrogen-bond donors (Lipinski definition) is 1. The van der Waals surface area contributed by atoms with Crippen LogP contribution in [0, 0.1) is 13.8 Å². The maximum atomic E-state index is 12.7. The van der Waals surface area contributed by atoms with Crippen molar-refractivity contribution in [3.05, 3.63) is 76.6 Å². The molecule has 2 aromatic carbocycles. The molecule has 0 aliphatic carbocycles. The lowest BCUT2D eigenvalue weighted by Gasteiger charge is -2.36. The van der Waals surface area contributed by atoms with Gasteiger partial charge in [0.05, 0.1) is 5.75 Å². The number of thioether (sulfide) groups is 1. The molecule has 34 heavy (non-hydrogen) atoms. The maximum Gasteiger partial charge on any atom is 0.253 e. The summed E-state index contributed by atoms with van der Waals surface area (Å²) in [5.41, 5.74) is 4.24. The molecule has 3 aromatic rings. The first kappa shape index (κ1) is 24.0.